The van der Waals surface area contributed by atoms with Gasteiger partial charge in [0, 0.05) is 41.2 Å². The first-order valence-electron chi connectivity index (χ1n) is 23.2. The second kappa shape index (κ2) is 28.9. The standard InChI is InChI=1S/C51H66O17/c1-34(52)57-27-19-8-6-7-9-20-28-58-50-48(62-31-41-25-17-12-18-26-41)46(61-30-40-23-15-11-16-24-40)44(60-29-39-21-13-10-14-22-39)42(67-50)33-63-51-49(66-38(5)56)47(65-37(4)55)45(64-36(3)54)43(68-51)32-59-35(2)53/h10-18,21-26,42-51H,6-9,19-20,27-33H2,1-5H3/t42-,43-,44-,45-,46+,47+,48-,49-,50-,51-/m1/s1. The number of hydrogen-bond acceptors (Lipinski definition) is 17. The summed E-state index contributed by atoms with van der Waals surface area (Å²) in [7, 11) is 0. The fourth-order valence-corrected chi connectivity index (χ4v) is 7.85. The molecule has 2 fully saturated rings. The maximum Gasteiger partial charge on any atom is 0.303 e. The summed E-state index contributed by atoms with van der Waals surface area (Å²) >= 11 is 0. The minimum absolute atomic E-state index is 0.146. The van der Waals surface area contributed by atoms with E-state index in [0.29, 0.717) is 19.6 Å². The average molecular weight is 951 g/mol. The lowest BCUT2D eigenvalue weighted by Gasteiger charge is -2.47. The van der Waals surface area contributed by atoms with Crippen LogP contribution < -0.4 is 0 Å². The van der Waals surface area contributed by atoms with Crippen LogP contribution in [0.4, 0.5) is 0 Å². The van der Waals surface area contributed by atoms with Crippen LogP contribution in [0.1, 0.15) is 89.8 Å². The second-order valence-corrected chi connectivity index (χ2v) is 16.6. The molecule has 17 nitrogen and oxygen atoms in total. The zero-order chi connectivity index (χ0) is 48.7. The van der Waals surface area contributed by atoms with Crippen LogP contribution >= 0.6 is 0 Å². The number of ether oxygens (including phenoxy) is 12. The van der Waals surface area contributed by atoms with E-state index in [9.17, 15) is 24.0 Å². The lowest BCUT2D eigenvalue weighted by atomic mass is 9.97. The number of hydrogen-bond donors (Lipinski definition) is 0. The first-order chi connectivity index (χ1) is 32.9. The molecule has 0 unspecified atom stereocenters. The van der Waals surface area contributed by atoms with Crippen LogP contribution in [0.25, 0.3) is 0 Å². The van der Waals surface area contributed by atoms with Crippen molar-refractivity contribution < 1.29 is 80.8 Å². The van der Waals surface area contributed by atoms with E-state index in [4.69, 9.17) is 56.8 Å². The molecule has 2 aliphatic heterocycles. The summed E-state index contributed by atoms with van der Waals surface area (Å²) in [6, 6.07) is 28.9. The first-order valence-corrected chi connectivity index (χ1v) is 23.2. The molecule has 2 aliphatic rings. The normalized spacial score (nSPS) is 24.6. The number of carbonyl (C=O) groups excluding carboxylic acids is 5. The van der Waals surface area contributed by atoms with E-state index in [0.717, 1.165) is 69.6 Å². The lowest BCUT2D eigenvalue weighted by Crippen LogP contribution is -2.64. The van der Waals surface area contributed by atoms with Gasteiger partial charge in [0.15, 0.2) is 30.9 Å². The van der Waals surface area contributed by atoms with Crippen LogP contribution in [0.2, 0.25) is 0 Å². The molecule has 10 atom stereocenters. The largest absolute Gasteiger partial charge is 0.466 e. The molecule has 0 aliphatic carbocycles. The Bertz CT molecular complexity index is 1970. The third-order valence-electron chi connectivity index (χ3n) is 10.9. The van der Waals surface area contributed by atoms with Crippen molar-refractivity contribution in [3.05, 3.63) is 108 Å². The van der Waals surface area contributed by atoms with Gasteiger partial charge in [0.25, 0.3) is 0 Å². The van der Waals surface area contributed by atoms with E-state index in [2.05, 4.69) is 0 Å². The van der Waals surface area contributed by atoms with Gasteiger partial charge >= 0.3 is 29.8 Å². The van der Waals surface area contributed by atoms with Crippen LogP contribution in [0.3, 0.4) is 0 Å². The summed E-state index contributed by atoms with van der Waals surface area (Å²) in [6.45, 7) is 6.57. The third kappa shape index (κ3) is 18.3. The number of esters is 5. The van der Waals surface area contributed by atoms with E-state index < -0.39 is 91.9 Å². The maximum absolute atomic E-state index is 12.7. The summed E-state index contributed by atoms with van der Waals surface area (Å²) < 4.78 is 73.8. The Labute approximate surface area is 398 Å². The minimum atomic E-state index is -1.49. The Morgan fingerprint density at radius 3 is 1.29 bits per heavy atom. The Kier molecular flexibility index (Phi) is 22.8. The quantitative estimate of drug-likeness (QED) is 0.0457. The highest BCUT2D eigenvalue weighted by Gasteiger charge is 2.54. The zero-order valence-corrected chi connectivity index (χ0v) is 39.6. The molecule has 17 heteroatoms. The van der Waals surface area contributed by atoms with Crippen LogP contribution in [-0.2, 0) is 101 Å². The molecule has 68 heavy (non-hydrogen) atoms. The van der Waals surface area contributed by atoms with Crippen molar-refractivity contribution in [3.63, 3.8) is 0 Å². The fraction of sp³-hybridized carbons (Fsp3) is 0.549. The van der Waals surface area contributed by atoms with Crippen molar-refractivity contribution in [2.75, 3.05) is 26.4 Å². The van der Waals surface area contributed by atoms with Gasteiger partial charge < -0.3 is 56.8 Å². The summed E-state index contributed by atoms with van der Waals surface area (Å²) in [5, 5.41) is 0. The van der Waals surface area contributed by atoms with Crippen molar-refractivity contribution >= 4 is 29.8 Å². The number of unbranched alkanes of at least 4 members (excludes halogenated alkanes) is 5. The molecule has 0 radical (unpaired) electrons. The van der Waals surface area contributed by atoms with Gasteiger partial charge in [-0.05, 0) is 29.5 Å². The van der Waals surface area contributed by atoms with Crippen LogP contribution in [0.15, 0.2) is 91.0 Å². The molecule has 3 aromatic rings. The van der Waals surface area contributed by atoms with Gasteiger partial charge in [0.2, 0.25) is 0 Å². The SMILES string of the molecule is CC(=O)OCCCCCCCCO[C@@H]1O[C@H](CO[C@@H]2O[C@H](COC(C)=O)[C@@H](OC(C)=O)[C@H](OC(C)=O)[C@H]2OC(C)=O)[C@@H](OCc2ccccc2)[C@H](OCc2ccccc2)[C@H]1OCc1ccccc1. The van der Waals surface area contributed by atoms with Gasteiger partial charge in [-0.1, -0.05) is 117 Å². The van der Waals surface area contributed by atoms with E-state index in [1.165, 1.54) is 13.8 Å². The summed E-state index contributed by atoms with van der Waals surface area (Å²) in [5.41, 5.74) is 2.69. The van der Waals surface area contributed by atoms with E-state index in [-0.39, 0.29) is 32.4 Å². The van der Waals surface area contributed by atoms with E-state index in [1.807, 2.05) is 91.0 Å². The minimum Gasteiger partial charge on any atom is -0.466 e. The summed E-state index contributed by atoms with van der Waals surface area (Å²) in [6.07, 6.45) is -6.30. The number of carbonyl (C=O) groups is 5. The molecular formula is C51H66O17. The first kappa shape index (κ1) is 53.7. The molecule has 0 amide bonds. The molecule has 0 spiro atoms. The smallest absolute Gasteiger partial charge is 0.303 e. The van der Waals surface area contributed by atoms with Gasteiger partial charge in [-0.3, -0.25) is 24.0 Å². The molecular weight excluding hydrogens is 885 g/mol. The van der Waals surface area contributed by atoms with Crippen molar-refractivity contribution in [2.24, 2.45) is 0 Å². The number of rotatable bonds is 27. The Morgan fingerprint density at radius 2 is 0.794 bits per heavy atom. The highest BCUT2D eigenvalue weighted by molar-refractivity contribution is 5.69. The van der Waals surface area contributed by atoms with Crippen molar-refractivity contribution in [1.82, 2.24) is 0 Å². The fourth-order valence-electron chi connectivity index (χ4n) is 7.85. The summed E-state index contributed by atoms with van der Waals surface area (Å²) in [4.78, 5) is 60.7. The Morgan fingerprint density at radius 1 is 0.382 bits per heavy atom. The summed E-state index contributed by atoms with van der Waals surface area (Å²) in [5.74, 6) is -3.24. The van der Waals surface area contributed by atoms with Gasteiger partial charge in [0.1, 0.15) is 37.1 Å². The predicted octanol–water partition coefficient (Wildman–Crippen LogP) is 6.49. The van der Waals surface area contributed by atoms with Crippen LogP contribution in [0, 0.1) is 0 Å². The molecule has 0 N–H and O–H groups in total. The van der Waals surface area contributed by atoms with Crippen molar-refractivity contribution in [2.45, 2.75) is 154 Å². The van der Waals surface area contributed by atoms with E-state index in [1.54, 1.807) is 0 Å². The van der Waals surface area contributed by atoms with Gasteiger partial charge in [-0.2, -0.15) is 0 Å². The number of benzene rings is 3. The zero-order valence-electron chi connectivity index (χ0n) is 39.6. The predicted molar refractivity (Wildman–Crippen MR) is 242 cm³/mol. The van der Waals surface area contributed by atoms with Gasteiger partial charge in [-0.15, -0.1) is 0 Å². The Hall–Kier alpha value is -5.27. The van der Waals surface area contributed by atoms with Crippen molar-refractivity contribution in [1.29, 1.82) is 0 Å². The Balaban J connectivity index is 1.47. The van der Waals surface area contributed by atoms with Crippen LogP contribution in [0.5, 0.6) is 0 Å². The molecule has 372 valence electrons. The molecule has 2 heterocycles. The second-order valence-electron chi connectivity index (χ2n) is 16.6. The molecule has 0 aromatic heterocycles. The average Bonchev–Trinajstić information content (AvgIpc) is 3.31. The third-order valence-corrected chi connectivity index (χ3v) is 10.9. The van der Waals surface area contributed by atoms with Crippen molar-refractivity contribution in [3.8, 4) is 0 Å². The van der Waals surface area contributed by atoms with E-state index >= 15 is 0 Å². The molecule has 2 saturated heterocycles. The highest BCUT2D eigenvalue weighted by Crippen LogP contribution is 2.34. The van der Waals surface area contributed by atoms with Gasteiger partial charge in [-0.25, -0.2) is 0 Å². The molecule has 0 bridgehead atoms. The molecule has 0 saturated carbocycles. The lowest BCUT2D eigenvalue weighted by molar-refractivity contribution is -0.345. The maximum atomic E-state index is 12.7. The molecule has 5 rings (SSSR count). The topological polar surface area (TPSA) is 196 Å². The highest BCUT2D eigenvalue weighted by atomic mass is 16.8. The molecule has 3 aromatic carbocycles. The van der Waals surface area contributed by atoms with Crippen LogP contribution in [-0.4, -0.2) is 118 Å². The van der Waals surface area contributed by atoms with Gasteiger partial charge in [0.05, 0.1) is 33.0 Å². The monoisotopic (exact) mass is 950 g/mol.